The van der Waals surface area contributed by atoms with E-state index in [1.807, 2.05) is 6.07 Å². The molecule has 1 N–H and O–H groups in total. The van der Waals surface area contributed by atoms with Gasteiger partial charge in [0.2, 0.25) is 0 Å². The van der Waals surface area contributed by atoms with Crippen molar-refractivity contribution < 1.29 is 14.6 Å². The van der Waals surface area contributed by atoms with Crippen molar-refractivity contribution in [3.8, 4) is 0 Å². The van der Waals surface area contributed by atoms with Crippen molar-refractivity contribution in [3.63, 3.8) is 0 Å². The highest BCUT2D eigenvalue weighted by atomic mass is 16.5. The lowest BCUT2D eigenvalue weighted by Gasteiger charge is -2.23. The summed E-state index contributed by atoms with van der Waals surface area (Å²) >= 11 is 0. The second-order valence-electron chi connectivity index (χ2n) is 3.07. The quantitative estimate of drug-likeness (QED) is 0.741. The fourth-order valence-electron chi connectivity index (χ4n) is 1.35. The van der Waals surface area contributed by atoms with Crippen molar-refractivity contribution in [2.45, 2.75) is 18.9 Å². The maximum Gasteiger partial charge on any atom is 0.342 e. The van der Waals surface area contributed by atoms with Crippen LogP contribution in [0.5, 0.6) is 0 Å². The first-order valence-corrected chi connectivity index (χ1v) is 4.51. The minimum absolute atomic E-state index is 0.295. The number of carbonyl (C=O) groups is 1. The first-order valence-electron chi connectivity index (χ1n) is 4.51. The number of carbonyl (C=O) groups excluding carboxylic acids is 1. The second-order valence-corrected chi connectivity index (χ2v) is 3.07. The number of rotatable bonds is 3. The van der Waals surface area contributed by atoms with Gasteiger partial charge in [-0.15, -0.1) is 0 Å². The van der Waals surface area contributed by atoms with E-state index in [0.29, 0.717) is 12.0 Å². The molecule has 0 aliphatic heterocycles. The number of methoxy groups -OCH3 is 1. The molecule has 1 rings (SSSR count). The van der Waals surface area contributed by atoms with E-state index in [-0.39, 0.29) is 0 Å². The third-order valence-corrected chi connectivity index (χ3v) is 2.29. The molecule has 0 aromatic heterocycles. The molecule has 0 saturated heterocycles. The Hall–Kier alpha value is -1.35. The number of hydrogen-bond donors (Lipinski definition) is 1. The maximum absolute atomic E-state index is 11.4. The Labute approximate surface area is 83.3 Å². The molecule has 0 bridgehead atoms. The summed E-state index contributed by atoms with van der Waals surface area (Å²) in [4.78, 5) is 11.4. The van der Waals surface area contributed by atoms with Crippen molar-refractivity contribution in [2.24, 2.45) is 0 Å². The Morgan fingerprint density at radius 3 is 2.43 bits per heavy atom. The Balaban J connectivity index is 3.08. The van der Waals surface area contributed by atoms with Crippen LogP contribution in [-0.2, 0) is 15.1 Å². The first-order chi connectivity index (χ1) is 6.65. The Bertz CT molecular complexity index is 308. The Kier molecular flexibility index (Phi) is 3.25. The van der Waals surface area contributed by atoms with Gasteiger partial charge in [0.25, 0.3) is 0 Å². The average molecular weight is 194 g/mol. The van der Waals surface area contributed by atoms with Crippen LogP contribution < -0.4 is 0 Å². The van der Waals surface area contributed by atoms with E-state index in [9.17, 15) is 9.90 Å². The van der Waals surface area contributed by atoms with Crippen LogP contribution in [0.4, 0.5) is 0 Å². The van der Waals surface area contributed by atoms with E-state index in [1.54, 1.807) is 31.2 Å². The fourth-order valence-corrected chi connectivity index (χ4v) is 1.35. The number of benzene rings is 1. The van der Waals surface area contributed by atoms with Gasteiger partial charge in [-0.3, -0.25) is 0 Å². The zero-order chi connectivity index (χ0) is 10.6. The van der Waals surface area contributed by atoms with E-state index in [4.69, 9.17) is 0 Å². The molecular weight excluding hydrogens is 180 g/mol. The summed E-state index contributed by atoms with van der Waals surface area (Å²) in [5.74, 6) is -0.619. The molecule has 0 heterocycles. The summed E-state index contributed by atoms with van der Waals surface area (Å²) in [6.07, 6.45) is 0.295. The topological polar surface area (TPSA) is 46.5 Å². The van der Waals surface area contributed by atoms with Crippen molar-refractivity contribution in [1.82, 2.24) is 0 Å². The molecule has 1 atom stereocenters. The predicted octanol–water partition coefficient (Wildman–Crippen LogP) is 1.46. The zero-order valence-electron chi connectivity index (χ0n) is 8.36. The summed E-state index contributed by atoms with van der Waals surface area (Å²) in [5, 5.41) is 10.1. The Morgan fingerprint density at radius 2 is 2.00 bits per heavy atom. The second kappa shape index (κ2) is 4.24. The van der Waals surface area contributed by atoms with Gasteiger partial charge in [-0.2, -0.15) is 0 Å². The van der Waals surface area contributed by atoms with Gasteiger partial charge in [0.05, 0.1) is 7.11 Å². The monoisotopic (exact) mass is 194 g/mol. The van der Waals surface area contributed by atoms with Crippen LogP contribution in [0.25, 0.3) is 0 Å². The molecule has 0 unspecified atom stereocenters. The number of ether oxygens (including phenoxy) is 1. The summed E-state index contributed by atoms with van der Waals surface area (Å²) in [7, 11) is 1.27. The van der Waals surface area contributed by atoms with E-state index in [1.165, 1.54) is 7.11 Å². The van der Waals surface area contributed by atoms with Gasteiger partial charge < -0.3 is 9.84 Å². The fraction of sp³-hybridized carbons (Fsp3) is 0.364. The third-order valence-electron chi connectivity index (χ3n) is 2.29. The lowest BCUT2D eigenvalue weighted by atomic mass is 9.91. The molecule has 3 nitrogen and oxygen atoms in total. The third kappa shape index (κ3) is 1.77. The van der Waals surface area contributed by atoms with Gasteiger partial charge in [-0.25, -0.2) is 4.79 Å². The van der Waals surface area contributed by atoms with Gasteiger partial charge in [-0.05, 0) is 12.0 Å². The molecule has 0 aliphatic carbocycles. The van der Waals surface area contributed by atoms with Crippen molar-refractivity contribution in [2.75, 3.05) is 7.11 Å². The first kappa shape index (κ1) is 10.7. The number of esters is 1. The van der Waals surface area contributed by atoms with Crippen molar-refractivity contribution in [3.05, 3.63) is 35.9 Å². The van der Waals surface area contributed by atoms with Crippen LogP contribution in [0, 0.1) is 0 Å². The standard InChI is InChI=1S/C11H14O3/c1-3-11(13,10(12)14-2)9-7-5-4-6-8-9/h4-8,13H,3H2,1-2H3/t11-/m1/s1. The molecule has 0 radical (unpaired) electrons. The summed E-state index contributed by atoms with van der Waals surface area (Å²) in [5.41, 5.74) is -0.954. The molecule has 0 spiro atoms. The van der Waals surface area contributed by atoms with Gasteiger partial charge >= 0.3 is 5.97 Å². The average Bonchev–Trinajstić information content (AvgIpc) is 2.28. The minimum Gasteiger partial charge on any atom is -0.467 e. The van der Waals surface area contributed by atoms with Crippen LogP contribution in [0.15, 0.2) is 30.3 Å². The van der Waals surface area contributed by atoms with E-state index in [2.05, 4.69) is 4.74 Å². The minimum atomic E-state index is -1.52. The van der Waals surface area contributed by atoms with Crippen LogP contribution in [0.2, 0.25) is 0 Å². The summed E-state index contributed by atoms with van der Waals surface area (Å²) in [6.45, 7) is 1.74. The van der Waals surface area contributed by atoms with Gasteiger partial charge in [-0.1, -0.05) is 37.3 Å². The molecule has 76 valence electrons. The molecule has 0 fully saturated rings. The molecule has 1 aromatic carbocycles. The molecular formula is C11H14O3. The lowest BCUT2D eigenvalue weighted by molar-refractivity contribution is -0.164. The van der Waals surface area contributed by atoms with E-state index in [0.717, 1.165) is 0 Å². The summed E-state index contributed by atoms with van der Waals surface area (Å²) < 4.78 is 4.57. The highest BCUT2D eigenvalue weighted by Crippen LogP contribution is 2.25. The molecule has 0 saturated carbocycles. The van der Waals surface area contributed by atoms with Crippen molar-refractivity contribution in [1.29, 1.82) is 0 Å². The molecule has 0 aliphatic rings. The van der Waals surface area contributed by atoms with Gasteiger partial charge in [0.15, 0.2) is 5.60 Å². The maximum atomic E-state index is 11.4. The van der Waals surface area contributed by atoms with E-state index < -0.39 is 11.6 Å². The summed E-state index contributed by atoms with van der Waals surface area (Å²) in [6, 6.07) is 8.80. The van der Waals surface area contributed by atoms with Crippen LogP contribution >= 0.6 is 0 Å². The zero-order valence-corrected chi connectivity index (χ0v) is 8.36. The molecule has 0 amide bonds. The van der Waals surface area contributed by atoms with E-state index >= 15 is 0 Å². The highest BCUT2D eigenvalue weighted by Gasteiger charge is 2.36. The predicted molar refractivity (Wildman–Crippen MR) is 52.6 cm³/mol. The SMILES string of the molecule is CC[C@](O)(C(=O)OC)c1ccccc1. The molecule has 14 heavy (non-hydrogen) atoms. The highest BCUT2D eigenvalue weighted by molar-refractivity contribution is 5.80. The van der Waals surface area contributed by atoms with Crippen LogP contribution in [0.3, 0.4) is 0 Å². The normalized spacial score (nSPS) is 14.5. The molecule has 1 aromatic rings. The van der Waals surface area contributed by atoms with Gasteiger partial charge in [0.1, 0.15) is 0 Å². The van der Waals surface area contributed by atoms with Gasteiger partial charge in [0, 0.05) is 0 Å². The largest absolute Gasteiger partial charge is 0.467 e. The number of hydrogen-bond acceptors (Lipinski definition) is 3. The lowest BCUT2D eigenvalue weighted by Crippen LogP contribution is -2.35. The van der Waals surface area contributed by atoms with Crippen LogP contribution in [0.1, 0.15) is 18.9 Å². The molecule has 3 heteroatoms. The van der Waals surface area contributed by atoms with Crippen LogP contribution in [-0.4, -0.2) is 18.2 Å². The Morgan fingerprint density at radius 1 is 1.43 bits per heavy atom. The number of aliphatic hydroxyl groups is 1. The smallest absolute Gasteiger partial charge is 0.342 e. The van der Waals surface area contributed by atoms with Crippen molar-refractivity contribution >= 4 is 5.97 Å².